The number of aliphatic hydroxyl groups excluding tert-OH is 1. The Balaban J connectivity index is 2.87. The van der Waals surface area contributed by atoms with Gasteiger partial charge >= 0.3 is 0 Å². The predicted molar refractivity (Wildman–Crippen MR) is 57.7 cm³/mol. The molecule has 2 N–H and O–H groups in total. The zero-order valence-electron chi connectivity index (χ0n) is 8.64. The van der Waals surface area contributed by atoms with Crippen molar-refractivity contribution in [2.45, 2.75) is 19.9 Å². The summed E-state index contributed by atoms with van der Waals surface area (Å²) in [5.41, 5.74) is 0.939. The number of benzene rings is 1. The molecule has 1 rings (SSSR count). The van der Waals surface area contributed by atoms with Crippen molar-refractivity contribution in [1.82, 2.24) is 0 Å². The molecule has 0 amide bonds. The number of hydrogen-bond donors (Lipinski definition) is 2. The lowest BCUT2D eigenvalue weighted by Crippen LogP contribution is -2.33. The van der Waals surface area contributed by atoms with E-state index in [-0.39, 0.29) is 12.4 Å². The van der Waals surface area contributed by atoms with Crippen LogP contribution in [0.25, 0.3) is 0 Å². The van der Waals surface area contributed by atoms with Crippen LogP contribution < -0.4 is 4.90 Å². The monoisotopic (exact) mass is 195 g/mol. The third kappa shape index (κ3) is 2.64. The summed E-state index contributed by atoms with van der Waals surface area (Å²) in [5, 5.41) is 18.2. The molecule has 3 heteroatoms. The molecule has 0 aromatic heterocycles. The molecule has 0 fully saturated rings. The van der Waals surface area contributed by atoms with Gasteiger partial charge in [0.15, 0.2) is 0 Å². The summed E-state index contributed by atoms with van der Waals surface area (Å²) in [4.78, 5) is 2.04. The lowest BCUT2D eigenvalue weighted by Gasteiger charge is -2.28. The molecule has 78 valence electrons. The Bertz CT molecular complexity index is 286. The topological polar surface area (TPSA) is 43.7 Å². The molecule has 0 aliphatic carbocycles. The van der Waals surface area contributed by atoms with Gasteiger partial charge in [-0.05, 0) is 26.0 Å². The van der Waals surface area contributed by atoms with Crippen molar-refractivity contribution in [1.29, 1.82) is 0 Å². The highest BCUT2D eigenvalue weighted by atomic mass is 16.3. The van der Waals surface area contributed by atoms with Crippen molar-refractivity contribution in [3.05, 3.63) is 24.3 Å². The third-order valence-corrected chi connectivity index (χ3v) is 2.13. The maximum atomic E-state index is 9.32. The van der Waals surface area contributed by atoms with Crippen molar-refractivity contribution in [2.24, 2.45) is 0 Å². The van der Waals surface area contributed by atoms with Crippen LogP contribution in [0.1, 0.15) is 13.8 Å². The van der Waals surface area contributed by atoms with E-state index in [0.717, 1.165) is 5.69 Å². The number of aliphatic hydroxyl groups is 1. The molecule has 0 bridgehead atoms. The van der Waals surface area contributed by atoms with Crippen LogP contribution in [0.4, 0.5) is 5.69 Å². The van der Waals surface area contributed by atoms with Gasteiger partial charge in [-0.15, -0.1) is 0 Å². The second-order valence-corrected chi connectivity index (χ2v) is 3.53. The lowest BCUT2D eigenvalue weighted by molar-refractivity contribution is 0.299. The molecule has 0 aliphatic rings. The van der Waals surface area contributed by atoms with Gasteiger partial charge in [0.05, 0.1) is 6.61 Å². The summed E-state index contributed by atoms with van der Waals surface area (Å²) < 4.78 is 0. The van der Waals surface area contributed by atoms with Gasteiger partial charge in [-0.3, -0.25) is 0 Å². The molecule has 1 aromatic rings. The molecule has 3 nitrogen and oxygen atoms in total. The van der Waals surface area contributed by atoms with Crippen LogP contribution in [0, 0.1) is 0 Å². The molecule has 0 atom stereocenters. The molecule has 0 heterocycles. The van der Waals surface area contributed by atoms with E-state index in [9.17, 15) is 5.11 Å². The van der Waals surface area contributed by atoms with Gasteiger partial charge in [-0.2, -0.15) is 0 Å². The number of aromatic hydroxyl groups is 1. The largest absolute Gasteiger partial charge is 0.508 e. The van der Waals surface area contributed by atoms with Crippen LogP contribution in [0.15, 0.2) is 24.3 Å². The van der Waals surface area contributed by atoms with E-state index in [1.54, 1.807) is 18.2 Å². The minimum Gasteiger partial charge on any atom is -0.508 e. The normalized spacial score (nSPS) is 10.6. The van der Waals surface area contributed by atoms with Gasteiger partial charge in [-0.1, -0.05) is 6.07 Å². The Hall–Kier alpha value is -1.22. The Labute approximate surface area is 84.6 Å². The first kappa shape index (κ1) is 10.9. The Kier molecular flexibility index (Phi) is 3.77. The minimum atomic E-state index is 0.119. The Morgan fingerprint density at radius 2 is 2.07 bits per heavy atom. The standard InChI is InChI=1S/C11H17NO2/c1-9(2)12(6-7-13)10-4-3-5-11(14)8-10/h3-5,8-9,13-14H,6-7H2,1-2H3. The van der Waals surface area contributed by atoms with E-state index < -0.39 is 0 Å². The van der Waals surface area contributed by atoms with Crippen LogP contribution in [-0.2, 0) is 0 Å². The van der Waals surface area contributed by atoms with E-state index in [0.29, 0.717) is 12.6 Å². The number of hydrogen-bond acceptors (Lipinski definition) is 3. The second kappa shape index (κ2) is 4.86. The molecule has 0 unspecified atom stereocenters. The van der Waals surface area contributed by atoms with E-state index >= 15 is 0 Å². The van der Waals surface area contributed by atoms with Crippen LogP contribution in [0.5, 0.6) is 5.75 Å². The quantitative estimate of drug-likeness (QED) is 0.767. The van der Waals surface area contributed by atoms with Crippen molar-refractivity contribution < 1.29 is 10.2 Å². The van der Waals surface area contributed by atoms with Gasteiger partial charge in [0, 0.05) is 24.3 Å². The van der Waals surface area contributed by atoms with Crippen molar-refractivity contribution in [3.8, 4) is 5.75 Å². The summed E-state index contributed by atoms with van der Waals surface area (Å²) >= 11 is 0. The third-order valence-electron chi connectivity index (χ3n) is 2.13. The number of anilines is 1. The molecule has 0 spiro atoms. The van der Waals surface area contributed by atoms with Gasteiger partial charge in [0.1, 0.15) is 5.75 Å². The second-order valence-electron chi connectivity index (χ2n) is 3.53. The van der Waals surface area contributed by atoms with Crippen molar-refractivity contribution in [2.75, 3.05) is 18.1 Å². The summed E-state index contributed by atoms with van der Waals surface area (Å²) in [7, 11) is 0. The Morgan fingerprint density at radius 1 is 1.36 bits per heavy atom. The smallest absolute Gasteiger partial charge is 0.117 e. The maximum absolute atomic E-state index is 9.32. The average molecular weight is 195 g/mol. The van der Waals surface area contributed by atoms with E-state index in [4.69, 9.17) is 5.11 Å². The first-order chi connectivity index (χ1) is 6.65. The van der Waals surface area contributed by atoms with E-state index in [1.807, 2.05) is 11.0 Å². The predicted octanol–water partition coefficient (Wildman–Crippen LogP) is 1.60. The van der Waals surface area contributed by atoms with Gasteiger partial charge in [0.25, 0.3) is 0 Å². The molecule has 0 saturated carbocycles. The van der Waals surface area contributed by atoms with Gasteiger partial charge in [-0.25, -0.2) is 0 Å². The number of rotatable bonds is 4. The summed E-state index contributed by atoms with van der Waals surface area (Å²) in [6.07, 6.45) is 0. The summed E-state index contributed by atoms with van der Waals surface area (Å²) in [6.45, 7) is 4.81. The van der Waals surface area contributed by atoms with Crippen LogP contribution in [-0.4, -0.2) is 29.4 Å². The van der Waals surface area contributed by atoms with Gasteiger partial charge in [0.2, 0.25) is 0 Å². The zero-order valence-corrected chi connectivity index (χ0v) is 8.64. The lowest BCUT2D eigenvalue weighted by atomic mass is 10.2. The fraction of sp³-hybridized carbons (Fsp3) is 0.455. The fourth-order valence-corrected chi connectivity index (χ4v) is 1.46. The maximum Gasteiger partial charge on any atom is 0.117 e. The molecular formula is C11H17NO2. The number of nitrogens with zero attached hydrogens (tertiary/aromatic N) is 1. The first-order valence-corrected chi connectivity index (χ1v) is 4.81. The minimum absolute atomic E-state index is 0.119. The van der Waals surface area contributed by atoms with Crippen molar-refractivity contribution in [3.63, 3.8) is 0 Å². The number of phenolic OH excluding ortho intramolecular Hbond substituents is 1. The molecule has 14 heavy (non-hydrogen) atoms. The SMILES string of the molecule is CC(C)N(CCO)c1cccc(O)c1. The van der Waals surface area contributed by atoms with E-state index in [1.165, 1.54) is 0 Å². The molecule has 1 aromatic carbocycles. The average Bonchev–Trinajstić information content (AvgIpc) is 2.13. The van der Waals surface area contributed by atoms with Crippen LogP contribution >= 0.6 is 0 Å². The highest BCUT2D eigenvalue weighted by Crippen LogP contribution is 2.21. The van der Waals surface area contributed by atoms with E-state index in [2.05, 4.69) is 13.8 Å². The summed E-state index contributed by atoms with van der Waals surface area (Å²) in [6, 6.07) is 7.38. The molecule has 0 radical (unpaired) electrons. The number of phenols is 1. The fourth-order valence-electron chi connectivity index (χ4n) is 1.46. The molecule has 0 saturated heterocycles. The van der Waals surface area contributed by atoms with Crippen LogP contribution in [0.3, 0.4) is 0 Å². The highest BCUT2D eigenvalue weighted by Gasteiger charge is 2.09. The van der Waals surface area contributed by atoms with Gasteiger partial charge < -0.3 is 15.1 Å². The first-order valence-electron chi connectivity index (χ1n) is 4.81. The van der Waals surface area contributed by atoms with Crippen molar-refractivity contribution >= 4 is 5.69 Å². The summed E-state index contributed by atoms with van der Waals surface area (Å²) in [5.74, 6) is 0.256. The highest BCUT2D eigenvalue weighted by molar-refractivity contribution is 5.50. The molecular weight excluding hydrogens is 178 g/mol. The zero-order chi connectivity index (χ0) is 10.6. The van der Waals surface area contributed by atoms with Crippen LogP contribution in [0.2, 0.25) is 0 Å². The Morgan fingerprint density at radius 3 is 2.57 bits per heavy atom. The molecule has 0 aliphatic heterocycles.